The van der Waals surface area contributed by atoms with Crippen molar-refractivity contribution in [2.24, 2.45) is 0 Å². The van der Waals surface area contributed by atoms with Crippen LogP contribution in [-0.2, 0) is 9.59 Å². The van der Waals surface area contributed by atoms with E-state index in [0.717, 1.165) is 6.08 Å². The van der Waals surface area contributed by atoms with E-state index < -0.39 is 11.9 Å². The quantitative estimate of drug-likeness (QED) is 0.526. The van der Waals surface area contributed by atoms with Crippen molar-refractivity contribution < 1.29 is 19.4 Å². The van der Waals surface area contributed by atoms with E-state index >= 15 is 0 Å². The Bertz CT molecular complexity index is 451. The van der Waals surface area contributed by atoms with Gasteiger partial charge in [-0.05, 0) is 39.7 Å². The van der Waals surface area contributed by atoms with E-state index in [1.807, 2.05) is 0 Å². The number of carbonyl (C=O) groups excluding carboxylic acids is 1. The highest BCUT2D eigenvalue weighted by molar-refractivity contribution is 9.10. The highest BCUT2D eigenvalue weighted by atomic mass is 79.9. The van der Waals surface area contributed by atoms with Gasteiger partial charge in [-0.2, -0.15) is 0 Å². The zero-order chi connectivity index (χ0) is 12.1. The van der Waals surface area contributed by atoms with E-state index in [4.69, 9.17) is 9.84 Å². The van der Waals surface area contributed by atoms with Crippen LogP contribution >= 0.6 is 15.9 Å². The molecular formula is C11H9BrO4. The maximum atomic E-state index is 10.7. The summed E-state index contributed by atoms with van der Waals surface area (Å²) in [6, 6.07) is 4.91. The summed E-state index contributed by atoms with van der Waals surface area (Å²) in [5.41, 5.74) is 0.699. The Kier molecular flexibility index (Phi) is 4.25. The van der Waals surface area contributed by atoms with Crippen molar-refractivity contribution in [2.75, 3.05) is 0 Å². The molecule has 0 aliphatic rings. The van der Waals surface area contributed by atoms with Crippen molar-refractivity contribution in [3.05, 3.63) is 34.3 Å². The summed E-state index contributed by atoms with van der Waals surface area (Å²) in [5, 5.41) is 8.45. The van der Waals surface area contributed by atoms with Crippen LogP contribution in [0.4, 0.5) is 0 Å². The molecule has 0 saturated carbocycles. The predicted molar refractivity (Wildman–Crippen MR) is 62.1 cm³/mol. The van der Waals surface area contributed by atoms with Crippen molar-refractivity contribution in [2.45, 2.75) is 6.92 Å². The molecule has 1 N–H and O–H groups in total. The molecule has 84 valence electrons. The van der Waals surface area contributed by atoms with Crippen LogP contribution in [0.15, 0.2) is 28.7 Å². The van der Waals surface area contributed by atoms with E-state index in [0.29, 0.717) is 15.8 Å². The third-order valence-corrected chi connectivity index (χ3v) is 2.25. The van der Waals surface area contributed by atoms with Crippen LogP contribution in [-0.4, -0.2) is 17.0 Å². The standard InChI is InChI=1S/C11H9BrO4/c1-7(13)16-10-4-2-8(6-9(10)12)3-5-11(14)15/h2-6H,1H3,(H,14,15). The van der Waals surface area contributed by atoms with Crippen LogP contribution in [0.1, 0.15) is 12.5 Å². The summed E-state index contributed by atoms with van der Waals surface area (Å²) >= 11 is 3.22. The second-order valence-corrected chi connectivity index (χ2v) is 3.81. The van der Waals surface area contributed by atoms with Gasteiger partial charge in [0.05, 0.1) is 4.47 Å². The minimum atomic E-state index is -1.01. The highest BCUT2D eigenvalue weighted by Gasteiger charge is 2.03. The molecule has 0 spiro atoms. The lowest BCUT2D eigenvalue weighted by Gasteiger charge is -2.04. The molecule has 5 heteroatoms. The fraction of sp³-hybridized carbons (Fsp3) is 0.0909. The van der Waals surface area contributed by atoms with Gasteiger partial charge in [0.1, 0.15) is 5.75 Å². The lowest BCUT2D eigenvalue weighted by molar-refractivity contribution is -0.132. The van der Waals surface area contributed by atoms with E-state index in [9.17, 15) is 9.59 Å². The first-order chi connectivity index (χ1) is 7.49. The number of carboxylic acid groups (broad SMARTS) is 1. The Morgan fingerprint density at radius 1 is 1.44 bits per heavy atom. The summed E-state index contributed by atoms with van der Waals surface area (Å²) in [5.74, 6) is -1.02. The molecular weight excluding hydrogens is 276 g/mol. The Labute approximate surface area is 101 Å². The Morgan fingerprint density at radius 3 is 2.62 bits per heavy atom. The number of benzene rings is 1. The van der Waals surface area contributed by atoms with Crippen LogP contribution in [0.5, 0.6) is 5.75 Å². The first kappa shape index (κ1) is 12.4. The topological polar surface area (TPSA) is 63.6 Å². The van der Waals surface area contributed by atoms with Gasteiger partial charge in [-0.3, -0.25) is 4.79 Å². The molecule has 0 bridgehead atoms. The SMILES string of the molecule is CC(=O)Oc1ccc(C=CC(=O)O)cc1Br. The van der Waals surface area contributed by atoms with Gasteiger partial charge in [-0.15, -0.1) is 0 Å². The van der Waals surface area contributed by atoms with Gasteiger partial charge in [-0.25, -0.2) is 4.79 Å². The molecule has 0 unspecified atom stereocenters. The number of aliphatic carboxylic acids is 1. The Morgan fingerprint density at radius 2 is 2.12 bits per heavy atom. The predicted octanol–water partition coefficient (Wildman–Crippen LogP) is 2.47. The van der Waals surface area contributed by atoms with Gasteiger partial charge in [0.15, 0.2) is 0 Å². The molecule has 1 aromatic carbocycles. The zero-order valence-electron chi connectivity index (χ0n) is 8.44. The van der Waals surface area contributed by atoms with Crippen molar-refractivity contribution in [3.8, 4) is 5.75 Å². The fourth-order valence-corrected chi connectivity index (χ4v) is 1.50. The molecule has 16 heavy (non-hydrogen) atoms. The first-order valence-electron chi connectivity index (χ1n) is 4.38. The number of carbonyl (C=O) groups is 2. The number of ether oxygens (including phenoxy) is 1. The molecule has 4 nitrogen and oxygen atoms in total. The lowest BCUT2D eigenvalue weighted by atomic mass is 10.2. The van der Waals surface area contributed by atoms with E-state index in [1.54, 1.807) is 18.2 Å². The van der Waals surface area contributed by atoms with Gasteiger partial charge in [0.2, 0.25) is 0 Å². The second-order valence-electron chi connectivity index (χ2n) is 2.96. The number of hydrogen-bond donors (Lipinski definition) is 1. The van der Waals surface area contributed by atoms with Crippen LogP contribution < -0.4 is 4.74 Å². The van der Waals surface area contributed by atoms with Gasteiger partial charge in [0, 0.05) is 13.0 Å². The molecule has 0 atom stereocenters. The lowest BCUT2D eigenvalue weighted by Crippen LogP contribution is -2.01. The molecule has 0 saturated heterocycles. The average Bonchev–Trinajstić information content (AvgIpc) is 2.18. The number of hydrogen-bond acceptors (Lipinski definition) is 3. The van der Waals surface area contributed by atoms with E-state index in [1.165, 1.54) is 13.0 Å². The number of esters is 1. The summed E-state index contributed by atoms with van der Waals surface area (Å²) < 4.78 is 5.49. The van der Waals surface area contributed by atoms with Crippen molar-refractivity contribution in [3.63, 3.8) is 0 Å². The largest absolute Gasteiger partial charge is 0.478 e. The Balaban J connectivity index is 2.90. The highest BCUT2D eigenvalue weighted by Crippen LogP contribution is 2.26. The van der Waals surface area contributed by atoms with Crippen LogP contribution in [0.25, 0.3) is 6.08 Å². The Hall–Kier alpha value is -1.62. The number of carboxylic acids is 1. The molecule has 1 rings (SSSR count). The molecule has 0 amide bonds. The number of rotatable bonds is 3. The first-order valence-corrected chi connectivity index (χ1v) is 5.17. The van der Waals surface area contributed by atoms with E-state index in [2.05, 4.69) is 15.9 Å². The normalized spacial score (nSPS) is 10.4. The maximum Gasteiger partial charge on any atom is 0.328 e. The van der Waals surface area contributed by atoms with Crippen molar-refractivity contribution in [1.82, 2.24) is 0 Å². The van der Waals surface area contributed by atoms with Crippen LogP contribution in [0, 0.1) is 0 Å². The minimum Gasteiger partial charge on any atom is -0.478 e. The third-order valence-electron chi connectivity index (χ3n) is 1.63. The maximum absolute atomic E-state index is 10.7. The summed E-state index contributed by atoms with van der Waals surface area (Å²) in [6.07, 6.45) is 2.48. The minimum absolute atomic E-state index is 0.403. The van der Waals surface area contributed by atoms with Crippen LogP contribution in [0.2, 0.25) is 0 Å². The van der Waals surface area contributed by atoms with Crippen LogP contribution in [0.3, 0.4) is 0 Å². The second kappa shape index (κ2) is 5.46. The number of halogens is 1. The molecule has 0 fully saturated rings. The molecule has 0 aliphatic carbocycles. The summed E-state index contributed by atoms with van der Waals surface area (Å²) in [7, 11) is 0. The summed E-state index contributed by atoms with van der Waals surface area (Å²) in [4.78, 5) is 21.0. The molecule has 1 aromatic rings. The fourth-order valence-electron chi connectivity index (χ4n) is 1.03. The molecule has 0 radical (unpaired) electrons. The van der Waals surface area contributed by atoms with Crippen molar-refractivity contribution >= 4 is 33.9 Å². The zero-order valence-corrected chi connectivity index (χ0v) is 10.0. The van der Waals surface area contributed by atoms with Gasteiger partial charge < -0.3 is 9.84 Å². The molecule has 0 aromatic heterocycles. The van der Waals surface area contributed by atoms with Gasteiger partial charge >= 0.3 is 11.9 Å². The molecule has 0 aliphatic heterocycles. The smallest absolute Gasteiger partial charge is 0.328 e. The average molecular weight is 285 g/mol. The van der Waals surface area contributed by atoms with Gasteiger partial charge in [-0.1, -0.05) is 6.07 Å². The molecule has 0 heterocycles. The monoisotopic (exact) mass is 284 g/mol. The van der Waals surface area contributed by atoms with Crippen molar-refractivity contribution in [1.29, 1.82) is 0 Å². The third kappa shape index (κ3) is 3.86. The van der Waals surface area contributed by atoms with E-state index in [-0.39, 0.29) is 0 Å². The summed E-state index contributed by atoms with van der Waals surface area (Å²) in [6.45, 7) is 1.31. The van der Waals surface area contributed by atoms with Gasteiger partial charge in [0.25, 0.3) is 0 Å².